The summed E-state index contributed by atoms with van der Waals surface area (Å²) in [6, 6.07) is 28.4. The minimum atomic E-state index is -3.99. The van der Waals surface area contributed by atoms with Crippen LogP contribution < -0.4 is 65.0 Å². The number of halogens is 4. The van der Waals surface area contributed by atoms with Crippen LogP contribution in [0.5, 0.6) is 11.5 Å². The second kappa shape index (κ2) is 60.7. The number of sulfonamides is 6. The SMILES string of the molecule is C.CB(O)N1CCN(Cc2ccc(C)cc2)CCS1(=O)=O.CB(O)N1CCNCCS1(=O)=O.CC(=O)N1CCN(c2nc(C(=O)NCc3ccc(F)cc3)c(O[Si](C(C)C)(C(C)C)C(C)C)c(=O)n2C)S(=O)(=O)CC1.CC(=O)N1CCNS(=O)(=O)CC1.CC(C)[Si](Oc1c(C(=O)NCc2ccc(F)cc2)nc(Br)n(C)c1=O)(C(C)C)C(C)C.CCc1ccc(CBr)cc1.O=S1(=O)CCNCCN1.O=S1(=O)CCNCCN1. The van der Waals surface area contributed by atoms with Crippen molar-refractivity contribution in [1.82, 2.24) is 83.0 Å². The van der Waals surface area contributed by atoms with E-state index in [0.717, 1.165) is 50.0 Å². The fraction of sp³-hybridized carbons (Fsp3) is 0.609. The molecule has 0 unspecified atom stereocenters. The highest BCUT2D eigenvalue weighted by Crippen LogP contribution is 2.45. The van der Waals surface area contributed by atoms with Crippen molar-refractivity contribution < 1.29 is 97.4 Å². The van der Waals surface area contributed by atoms with Gasteiger partial charge in [0, 0.05) is 164 Å². The highest BCUT2D eigenvalue weighted by atomic mass is 79.9. The number of nitrogens with one attached hydrogen (secondary N) is 8. The second-order valence-corrected chi connectivity index (χ2v) is 61.2. The third kappa shape index (κ3) is 40.6. The topological polar surface area (TPSA) is 517 Å². The molecule has 0 radical (unpaired) electrons. The van der Waals surface area contributed by atoms with Crippen molar-refractivity contribution in [3.63, 3.8) is 0 Å². The van der Waals surface area contributed by atoms with Gasteiger partial charge in [0.2, 0.25) is 89.4 Å². The minimum Gasteiger partial charge on any atom is -0.537 e. The van der Waals surface area contributed by atoms with Gasteiger partial charge >= 0.3 is 14.1 Å². The Kier molecular flexibility index (Phi) is 54.4. The van der Waals surface area contributed by atoms with Crippen molar-refractivity contribution >= 4 is 152 Å². The van der Waals surface area contributed by atoms with E-state index in [9.17, 15) is 93.1 Å². The minimum absolute atomic E-state index is 0. The van der Waals surface area contributed by atoms with Gasteiger partial charge in [-0.25, -0.2) is 96.2 Å². The second-order valence-electron chi connectivity index (χ2n) is 37.3. The van der Waals surface area contributed by atoms with Crippen molar-refractivity contribution in [3.8, 4) is 11.5 Å². The van der Waals surface area contributed by atoms with Gasteiger partial charge in [-0.1, -0.05) is 192 Å². The molecule has 8 heterocycles. The van der Waals surface area contributed by atoms with E-state index < -0.39 is 120 Å². The van der Waals surface area contributed by atoms with Gasteiger partial charge in [0.1, 0.15) is 11.6 Å². The fourth-order valence-electron chi connectivity index (χ4n) is 16.9. The van der Waals surface area contributed by atoms with Crippen LogP contribution in [0.2, 0.25) is 46.9 Å². The van der Waals surface area contributed by atoms with Crippen LogP contribution in [-0.4, -0.2) is 309 Å². The van der Waals surface area contributed by atoms with Crippen LogP contribution in [0.3, 0.4) is 0 Å². The summed E-state index contributed by atoms with van der Waals surface area (Å²) in [7, 11) is -23.7. The predicted octanol–water partition coefficient (Wildman–Crippen LogP) is 7.02. The van der Waals surface area contributed by atoms with Gasteiger partial charge in [0.05, 0.1) is 41.1 Å². The molecule has 822 valence electrons. The molecule has 6 aliphatic rings. The predicted molar refractivity (Wildman–Crippen MR) is 585 cm³/mol. The maximum Gasteiger partial charge on any atom is 0.390 e. The van der Waals surface area contributed by atoms with Crippen LogP contribution in [0.1, 0.15) is 166 Å². The van der Waals surface area contributed by atoms with E-state index in [1.165, 1.54) is 112 Å². The summed E-state index contributed by atoms with van der Waals surface area (Å²) in [5, 5.41) is 34.1. The molecule has 6 aromatic rings. The van der Waals surface area contributed by atoms with E-state index in [4.69, 9.17) is 13.9 Å². The molecule has 0 spiro atoms. The smallest absolute Gasteiger partial charge is 0.390 e. The van der Waals surface area contributed by atoms with Gasteiger partial charge in [-0.05, 0) is 128 Å². The zero-order valence-corrected chi connectivity index (χ0v) is 96.9. The van der Waals surface area contributed by atoms with Crippen LogP contribution in [0, 0.1) is 18.6 Å². The first-order chi connectivity index (χ1) is 67.6. The highest BCUT2D eigenvalue weighted by Gasteiger charge is 2.51. The Hall–Kier alpha value is -7.44. The molecule has 2 aromatic heterocycles. The van der Waals surface area contributed by atoms with Crippen LogP contribution in [0.15, 0.2) is 111 Å². The van der Waals surface area contributed by atoms with E-state index in [0.29, 0.717) is 90.6 Å². The number of anilines is 1. The van der Waals surface area contributed by atoms with Crippen LogP contribution >= 0.6 is 31.9 Å². The monoisotopic (exact) mass is 2330 g/mol. The van der Waals surface area contributed by atoms with Gasteiger partial charge in [0.25, 0.3) is 39.6 Å². The van der Waals surface area contributed by atoms with E-state index in [-0.39, 0.29) is 159 Å². The number of amides is 4. The standard InChI is InChI=1S/C28H42FN5O6SSi.C22H31BrFN3O3Si.C13H21BN2O3S.C9H11Br.C6H12N2O3S.C5H13BN2O3S.2C4H10N2O2S.CH4/c1-18(2)42(19(3)4,20(5)6)40-25-24(26(36)30-17-22-9-11-23(29)12-10-22)31-28(32(8)27(25)37)34-14-13-33(21(7)35)15-16-41(34,38)39;1-13(2)31(14(3)4,15(5)6)30-19-18(26-22(23)27(7)21(19)29)20(28)25-12-16-8-10-17(24)11-9-16;1-12-3-5-13(6-4-12)11-15-7-8-16(14(2)17)20(18,19)10-9-15;1-2-8-3-5-9(7-10)6-4-8;1-6(9)8-3-2-7-12(10,11)5-4-8;1-6(9)8-4-2-7-3-5-12(8,10)11;2*7-9(8)4-3-5-1-2-6-9;/h9-12,18-20H,13-17H2,1-8H3,(H,30,36);8-11,13-15H,12H2,1-7H3,(H,25,28);3-6,17H,7-11H2,1-2H3;3-6H,2,7H2,1H3;7H,2-5H2,1H3;7,9H,2-5H2,1H3;2*5-6H,1-4H2;1H4. The van der Waals surface area contributed by atoms with E-state index in [1.54, 1.807) is 19.2 Å². The molecule has 6 saturated heterocycles. The summed E-state index contributed by atoms with van der Waals surface area (Å²) in [6.45, 7) is 43.4. The van der Waals surface area contributed by atoms with Crippen molar-refractivity contribution in [2.75, 3.05) is 157 Å². The molecule has 0 aliphatic carbocycles. The molecule has 0 atom stereocenters. The third-order valence-electron chi connectivity index (χ3n) is 24.9. The molecular formula is C92H154B2Br2F2N18O22S6Si2. The van der Waals surface area contributed by atoms with Gasteiger partial charge in [-0.15, -0.1) is 0 Å². The molecule has 54 heteroatoms. The van der Waals surface area contributed by atoms with E-state index in [2.05, 4.69) is 184 Å². The molecule has 12 rings (SSSR count). The lowest BCUT2D eigenvalue weighted by Gasteiger charge is -2.42. The summed E-state index contributed by atoms with van der Waals surface area (Å²) in [4.78, 5) is 90.6. The van der Waals surface area contributed by atoms with Gasteiger partial charge in [-0.2, -0.15) is 0 Å². The average Bonchev–Trinajstić information content (AvgIpc) is 1.22. The number of aromatic nitrogens is 4. The summed E-state index contributed by atoms with van der Waals surface area (Å²) in [6.07, 6.45) is 1.13. The molecule has 4 aromatic carbocycles. The number of carbonyl (C=O) groups excluding carboxylic acids is 4. The molecule has 6 aliphatic heterocycles. The summed E-state index contributed by atoms with van der Waals surface area (Å²) < 4.78 is 191. The number of hydrogen-bond donors (Lipinski definition) is 10. The van der Waals surface area contributed by atoms with E-state index >= 15 is 0 Å². The Labute approximate surface area is 883 Å². The van der Waals surface area contributed by atoms with Gasteiger partial charge < -0.3 is 55.3 Å². The van der Waals surface area contributed by atoms with Crippen LogP contribution in [-0.2, 0) is 115 Å². The number of aryl methyl sites for hydroxylation is 2. The molecule has 0 saturated carbocycles. The number of nitrogens with zero attached hydrogens (tertiary/aromatic N) is 10. The number of carbonyl (C=O) groups is 4. The van der Waals surface area contributed by atoms with Crippen LogP contribution in [0.25, 0.3) is 0 Å². The lowest BCUT2D eigenvalue weighted by atomic mass is 9.89. The molecule has 10 N–H and O–H groups in total. The zero-order valence-electron chi connectivity index (χ0n) is 86.9. The lowest BCUT2D eigenvalue weighted by Crippen LogP contribution is -2.52. The van der Waals surface area contributed by atoms with Crippen molar-refractivity contribution in [1.29, 1.82) is 0 Å². The number of benzene rings is 4. The van der Waals surface area contributed by atoms with Gasteiger partial charge in [0.15, 0.2) is 16.1 Å². The summed E-state index contributed by atoms with van der Waals surface area (Å²) in [5.41, 5.74) is 5.90. The average molecular weight is 2330 g/mol. The molecule has 6 fully saturated rings. The molecule has 40 nitrogen and oxygen atoms in total. The first-order valence-corrected chi connectivity index (χ1v) is 64.3. The summed E-state index contributed by atoms with van der Waals surface area (Å²) in [5.74, 6) is -2.66. The maximum atomic E-state index is 14.0. The Balaban J connectivity index is 0.000000373. The number of rotatable bonds is 23. The van der Waals surface area contributed by atoms with Crippen molar-refractivity contribution in [3.05, 3.63) is 179 Å². The van der Waals surface area contributed by atoms with Crippen molar-refractivity contribution in [2.45, 2.75) is 196 Å². The zero-order chi connectivity index (χ0) is 109. The maximum absolute atomic E-state index is 14.0. The molecular weight excluding hydrogens is 2180 g/mol. The quantitative estimate of drug-likeness (QED) is 0.0175. The number of alkyl halides is 1. The van der Waals surface area contributed by atoms with E-state index in [1.807, 2.05) is 48.5 Å². The summed E-state index contributed by atoms with van der Waals surface area (Å²) >= 11 is 6.66. The number of hydrogen-bond acceptors (Lipinski definition) is 28. The molecule has 4 amide bonds. The Bertz CT molecular complexity index is 5920. The largest absolute Gasteiger partial charge is 0.537 e. The lowest BCUT2D eigenvalue weighted by molar-refractivity contribution is -0.129. The highest BCUT2D eigenvalue weighted by molar-refractivity contribution is 9.10. The Morgan fingerprint density at radius 1 is 0.452 bits per heavy atom. The first-order valence-electron chi connectivity index (χ1n) is 48.3. The first kappa shape index (κ1) is 131. The molecule has 146 heavy (non-hydrogen) atoms. The van der Waals surface area contributed by atoms with Gasteiger partial charge in [-0.3, -0.25) is 42.8 Å². The van der Waals surface area contributed by atoms with Crippen molar-refractivity contribution in [2.24, 2.45) is 14.1 Å². The Morgan fingerprint density at radius 3 is 1.27 bits per heavy atom. The fourth-order valence-corrected chi connectivity index (χ4v) is 35.5. The Morgan fingerprint density at radius 2 is 0.829 bits per heavy atom. The normalized spacial score (nSPS) is 17.8. The molecule has 0 bridgehead atoms. The third-order valence-corrected chi connectivity index (χ3v) is 47.9. The van der Waals surface area contributed by atoms with Crippen LogP contribution in [0.4, 0.5) is 14.7 Å².